The van der Waals surface area contributed by atoms with Crippen LogP contribution in [0.1, 0.15) is 45.4 Å². The molecule has 4 aliphatic carbocycles. The molecule has 122 valence electrons. The van der Waals surface area contributed by atoms with Crippen LogP contribution in [0.5, 0.6) is 0 Å². The first-order chi connectivity index (χ1) is 10.1. The molecule has 4 rings (SSSR count). The lowest BCUT2D eigenvalue weighted by Gasteiger charge is -2.64. The minimum Gasteiger partial charge on any atom is -0.329 e. The Balaban J connectivity index is 1.75. The molecule has 0 aliphatic heterocycles. The zero-order chi connectivity index (χ0) is 15.0. The van der Waals surface area contributed by atoms with E-state index in [1.54, 1.807) is 0 Å². The van der Waals surface area contributed by atoms with Crippen molar-refractivity contribution < 1.29 is 0 Å². The Kier molecular flexibility index (Phi) is 4.63. The second-order valence-corrected chi connectivity index (χ2v) is 8.24. The topological polar surface area (TPSA) is 32.5 Å². The van der Waals surface area contributed by atoms with Crippen LogP contribution in [0.2, 0.25) is 0 Å². The van der Waals surface area contributed by atoms with Crippen LogP contribution in [0.3, 0.4) is 0 Å². The van der Waals surface area contributed by atoms with E-state index in [0.717, 1.165) is 30.2 Å². The Morgan fingerprint density at radius 1 is 0.952 bits per heavy atom. The molecule has 0 spiro atoms. The van der Waals surface area contributed by atoms with E-state index in [-0.39, 0.29) is 0 Å². The average molecular weight is 293 g/mol. The highest BCUT2D eigenvalue weighted by atomic mass is 15.2. The monoisotopic (exact) mass is 293 g/mol. The minimum atomic E-state index is 0.342. The maximum Gasteiger partial charge on any atom is 0.0388 e. The van der Waals surface area contributed by atoms with Crippen molar-refractivity contribution in [3.05, 3.63) is 0 Å². The fourth-order valence-corrected chi connectivity index (χ4v) is 6.22. The molecule has 4 saturated carbocycles. The van der Waals surface area contributed by atoms with Crippen molar-refractivity contribution in [2.75, 3.05) is 40.3 Å². The van der Waals surface area contributed by atoms with Gasteiger partial charge in [0.25, 0.3) is 0 Å². The highest BCUT2D eigenvalue weighted by Crippen LogP contribution is 2.59. The number of hydrogen-bond acceptors (Lipinski definition) is 3. The molecule has 0 unspecified atom stereocenters. The van der Waals surface area contributed by atoms with Gasteiger partial charge in [0.2, 0.25) is 0 Å². The molecular weight excluding hydrogens is 258 g/mol. The first-order valence-electron chi connectivity index (χ1n) is 9.20. The van der Waals surface area contributed by atoms with Crippen LogP contribution in [0.15, 0.2) is 0 Å². The van der Waals surface area contributed by atoms with Crippen LogP contribution in [0, 0.1) is 23.7 Å². The third-order valence-electron chi connectivity index (χ3n) is 6.88. The molecule has 4 fully saturated rings. The Labute approximate surface area is 131 Å². The van der Waals surface area contributed by atoms with Gasteiger partial charge in [-0.3, -0.25) is 4.90 Å². The lowest BCUT2D eigenvalue weighted by atomic mass is 9.48. The molecule has 21 heavy (non-hydrogen) atoms. The maximum absolute atomic E-state index is 6.44. The Bertz CT molecular complexity index is 324. The Morgan fingerprint density at radius 3 is 1.95 bits per heavy atom. The van der Waals surface area contributed by atoms with Gasteiger partial charge >= 0.3 is 0 Å². The normalized spacial score (nSPS) is 41.4. The standard InChI is InChI=1S/C18H35N3/c1-4-21(7-5-6-20(2)3)18(13-19)16-9-14-8-15(11-16)12-17(18)10-14/h14-17H,4-13,19H2,1-3H3. The van der Waals surface area contributed by atoms with Crippen LogP contribution >= 0.6 is 0 Å². The molecule has 0 radical (unpaired) electrons. The molecule has 0 atom stereocenters. The van der Waals surface area contributed by atoms with E-state index < -0.39 is 0 Å². The van der Waals surface area contributed by atoms with Crippen molar-refractivity contribution >= 4 is 0 Å². The van der Waals surface area contributed by atoms with Crippen LogP contribution < -0.4 is 5.73 Å². The van der Waals surface area contributed by atoms with Crippen LogP contribution in [-0.2, 0) is 0 Å². The first kappa shape index (κ1) is 15.8. The summed E-state index contributed by atoms with van der Waals surface area (Å²) in [5, 5.41) is 0. The van der Waals surface area contributed by atoms with E-state index in [2.05, 4.69) is 30.8 Å². The summed E-state index contributed by atoms with van der Waals surface area (Å²) in [6, 6.07) is 0. The second-order valence-electron chi connectivity index (χ2n) is 8.24. The summed E-state index contributed by atoms with van der Waals surface area (Å²) >= 11 is 0. The van der Waals surface area contributed by atoms with Crippen LogP contribution in [0.4, 0.5) is 0 Å². The molecule has 4 aliphatic rings. The Morgan fingerprint density at radius 2 is 1.52 bits per heavy atom. The van der Waals surface area contributed by atoms with E-state index in [9.17, 15) is 0 Å². The molecular formula is C18H35N3. The van der Waals surface area contributed by atoms with Crippen molar-refractivity contribution in [3.63, 3.8) is 0 Å². The fourth-order valence-electron chi connectivity index (χ4n) is 6.22. The van der Waals surface area contributed by atoms with Crippen LogP contribution in [-0.4, -0.2) is 55.6 Å². The molecule has 0 aromatic heterocycles. The largest absolute Gasteiger partial charge is 0.329 e. The zero-order valence-electron chi connectivity index (χ0n) is 14.4. The maximum atomic E-state index is 6.44. The van der Waals surface area contributed by atoms with Crippen molar-refractivity contribution in [3.8, 4) is 0 Å². The lowest BCUT2D eigenvalue weighted by molar-refractivity contribution is -0.130. The Hall–Kier alpha value is -0.120. The molecule has 4 bridgehead atoms. The van der Waals surface area contributed by atoms with Gasteiger partial charge in [-0.05, 0) is 95.9 Å². The molecule has 3 heteroatoms. The molecule has 0 saturated heterocycles. The van der Waals surface area contributed by atoms with Crippen molar-refractivity contribution in [1.82, 2.24) is 9.80 Å². The van der Waals surface area contributed by atoms with Crippen molar-refractivity contribution in [2.24, 2.45) is 29.4 Å². The summed E-state index contributed by atoms with van der Waals surface area (Å²) in [5.74, 6) is 3.84. The number of hydrogen-bond donors (Lipinski definition) is 1. The number of nitrogens with two attached hydrogens (primary N) is 1. The molecule has 2 N–H and O–H groups in total. The molecule has 0 amide bonds. The highest BCUT2D eigenvalue weighted by molar-refractivity contribution is 5.12. The van der Waals surface area contributed by atoms with Gasteiger partial charge in [0.1, 0.15) is 0 Å². The predicted molar refractivity (Wildman–Crippen MR) is 89.2 cm³/mol. The summed E-state index contributed by atoms with van der Waals surface area (Å²) in [6.45, 7) is 6.83. The average Bonchev–Trinajstić information content (AvgIpc) is 2.44. The summed E-state index contributed by atoms with van der Waals surface area (Å²) in [7, 11) is 4.36. The smallest absolute Gasteiger partial charge is 0.0388 e. The zero-order valence-corrected chi connectivity index (χ0v) is 14.4. The van der Waals surface area contributed by atoms with Gasteiger partial charge in [-0.15, -0.1) is 0 Å². The highest BCUT2D eigenvalue weighted by Gasteiger charge is 2.58. The van der Waals surface area contributed by atoms with Crippen molar-refractivity contribution in [2.45, 2.75) is 51.0 Å². The second kappa shape index (κ2) is 6.17. The van der Waals surface area contributed by atoms with E-state index in [4.69, 9.17) is 5.73 Å². The quantitative estimate of drug-likeness (QED) is 0.782. The molecule has 0 heterocycles. The van der Waals surface area contributed by atoms with Gasteiger partial charge in [-0.2, -0.15) is 0 Å². The number of rotatable bonds is 7. The summed E-state index contributed by atoms with van der Waals surface area (Å²) in [4.78, 5) is 5.10. The van der Waals surface area contributed by atoms with E-state index in [1.165, 1.54) is 58.2 Å². The van der Waals surface area contributed by atoms with Gasteiger partial charge in [0.15, 0.2) is 0 Å². The van der Waals surface area contributed by atoms with E-state index in [0.29, 0.717) is 5.54 Å². The SMILES string of the molecule is CCN(CCCN(C)C)C1(CN)C2CC3CC(C2)CC1C3. The number of nitrogens with zero attached hydrogens (tertiary/aromatic N) is 2. The van der Waals surface area contributed by atoms with Crippen molar-refractivity contribution in [1.29, 1.82) is 0 Å². The first-order valence-corrected chi connectivity index (χ1v) is 9.20. The summed E-state index contributed by atoms with van der Waals surface area (Å²) in [6.07, 6.45) is 8.67. The molecule has 0 aromatic carbocycles. The molecule has 3 nitrogen and oxygen atoms in total. The van der Waals surface area contributed by atoms with E-state index in [1.807, 2.05) is 0 Å². The summed E-state index contributed by atoms with van der Waals surface area (Å²) < 4.78 is 0. The van der Waals surface area contributed by atoms with Gasteiger partial charge in [0, 0.05) is 12.1 Å². The summed E-state index contributed by atoms with van der Waals surface area (Å²) in [5.41, 5.74) is 6.79. The van der Waals surface area contributed by atoms with E-state index >= 15 is 0 Å². The van der Waals surface area contributed by atoms with Gasteiger partial charge in [-0.25, -0.2) is 0 Å². The van der Waals surface area contributed by atoms with Crippen LogP contribution in [0.25, 0.3) is 0 Å². The predicted octanol–water partition coefficient (Wildman–Crippen LogP) is 2.41. The minimum absolute atomic E-state index is 0.342. The third kappa shape index (κ3) is 2.66. The lowest BCUT2D eigenvalue weighted by Crippen LogP contribution is -2.69. The number of likely N-dealkylation sites (N-methyl/N-ethyl adjacent to an activating group) is 1. The molecule has 0 aromatic rings. The van der Waals surface area contributed by atoms with Gasteiger partial charge in [0.05, 0.1) is 0 Å². The third-order valence-corrected chi connectivity index (χ3v) is 6.88. The van der Waals surface area contributed by atoms with Gasteiger partial charge in [-0.1, -0.05) is 6.92 Å². The van der Waals surface area contributed by atoms with Gasteiger partial charge < -0.3 is 10.6 Å². The fraction of sp³-hybridized carbons (Fsp3) is 1.00.